The molecule has 0 saturated carbocycles. The van der Waals surface area contributed by atoms with Gasteiger partial charge in [-0.2, -0.15) is 0 Å². The Kier molecular flexibility index (Phi) is 2.70. The van der Waals surface area contributed by atoms with Gasteiger partial charge in [-0.3, -0.25) is 14.2 Å². The van der Waals surface area contributed by atoms with Crippen LogP contribution in [0.3, 0.4) is 0 Å². The lowest BCUT2D eigenvalue weighted by molar-refractivity contribution is -0.148. The van der Waals surface area contributed by atoms with Gasteiger partial charge in [-0.05, 0) is 31.0 Å². The Hall–Kier alpha value is -3.09. The average molecular weight is 326 g/mol. The number of carbonyl (C=O) groups is 1. The van der Waals surface area contributed by atoms with Gasteiger partial charge in [0.25, 0.3) is 17.3 Å². The molecule has 0 bridgehead atoms. The van der Waals surface area contributed by atoms with Gasteiger partial charge in [-0.1, -0.05) is 0 Å². The Morgan fingerprint density at radius 2 is 1.62 bits per heavy atom. The normalized spacial score (nSPS) is 15.9. The van der Waals surface area contributed by atoms with Crippen molar-refractivity contribution in [3.05, 3.63) is 50.0 Å². The fraction of sp³-hybridized carbons (Fsp3) is 0.235. The van der Waals surface area contributed by atoms with Crippen LogP contribution in [0.1, 0.15) is 17.4 Å². The Morgan fingerprint density at radius 3 is 2.25 bits per heavy atom. The predicted molar refractivity (Wildman–Crippen MR) is 87.7 cm³/mol. The highest BCUT2D eigenvalue weighted by molar-refractivity contribution is 6.05. The van der Waals surface area contributed by atoms with Gasteiger partial charge in [0.05, 0.1) is 5.52 Å². The van der Waals surface area contributed by atoms with E-state index in [4.69, 9.17) is 4.74 Å². The molecule has 0 spiro atoms. The van der Waals surface area contributed by atoms with Crippen molar-refractivity contribution in [3.8, 4) is 5.75 Å². The van der Waals surface area contributed by atoms with Gasteiger partial charge in [0.2, 0.25) is 0 Å². The van der Waals surface area contributed by atoms with Crippen LogP contribution < -0.4 is 15.9 Å². The van der Waals surface area contributed by atoms with Crippen molar-refractivity contribution in [2.45, 2.75) is 20.1 Å². The molecular weight excluding hydrogens is 312 g/mol. The number of ether oxygens (including phenoxy) is 1. The number of hydrogen-bond acceptors (Lipinski definition) is 4. The number of hydrogen-bond donors (Lipinski definition) is 1. The van der Waals surface area contributed by atoms with Crippen molar-refractivity contribution in [2.24, 2.45) is 7.05 Å². The first-order valence-corrected chi connectivity index (χ1v) is 7.40. The number of carboxylic acid groups (broad SMARTS) is 1. The van der Waals surface area contributed by atoms with Gasteiger partial charge in [0.1, 0.15) is 5.52 Å². The van der Waals surface area contributed by atoms with Crippen LogP contribution in [0, 0.1) is 13.8 Å². The van der Waals surface area contributed by atoms with Crippen molar-refractivity contribution in [1.29, 1.82) is 0 Å². The molecule has 3 heterocycles. The maximum absolute atomic E-state index is 12.3. The maximum atomic E-state index is 12.3. The van der Waals surface area contributed by atoms with Crippen molar-refractivity contribution >= 4 is 27.8 Å². The molecule has 0 aliphatic carbocycles. The average Bonchev–Trinajstić information content (AvgIpc) is 2.91. The smallest absolute Gasteiger partial charge is 0.367 e. The van der Waals surface area contributed by atoms with Gasteiger partial charge in [0.15, 0.2) is 5.75 Å². The first kappa shape index (κ1) is 14.5. The van der Waals surface area contributed by atoms with E-state index in [0.717, 1.165) is 26.5 Å². The number of aryl methyl sites for hydroxylation is 3. The van der Waals surface area contributed by atoms with E-state index in [-0.39, 0.29) is 11.3 Å². The number of fused-ring (bicyclic) bond motifs is 2. The number of carboxylic acids is 1. The zero-order valence-electron chi connectivity index (χ0n) is 13.3. The van der Waals surface area contributed by atoms with Crippen LogP contribution in [0.25, 0.3) is 21.8 Å². The maximum Gasteiger partial charge on any atom is 0.367 e. The summed E-state index contributed by atoms with van der Waals surface area (Å²) in [7, 11) is 1.60. The lowest BCUT2D eigenvalue weighted by Gasteiger charge is -2.12. The molecule has 7 heteroatoms. The number of rotatable bonds is 1. The Morgan fingerprint density at radius 1 is 1.04 bits per heavy atom. The molecular formula is C17H14N2O5. The number of aliphatic carboxylic acids is 1. The summed E-state index contributed by atoms with van der Waals surface area (Å²) in [4.78, 5) is 36.0. The highest BCUT2D eigenvalue weighted by atomic mass is 16.5. The number of nitrogens with zero attached hydrogens (tertiary/aromatic N) is 2. The van der Waals surface area contributed by atoms with Crippen LogP contribution >= 0.6 is 0 Å². The molecule has 7 nitrogen and oxygen atoms in total. The third-order valence-electron chi connectivity index (χ3n) is 4.58. The summed E-state index contributed by atoms with van der Waals surface area (Å²) in [6, 6.07) is 4.80. The number of aromatic nitrogens is 2. The molecule has 3 aromatic rings. The van der Waals surface area contributed by atoms with E-state index in [1.807, 2.05) is 13.0 Å². The second kappa shape index (κ2) is 4.47. The topological polar surface area (TPSA) is 90.5 Å². The minimum absolute atomic E-state index is 0.223. The summed E-state index contributed by atoms with van der Waals surface area (Å²) in [5.41, 5.74) is 1.75. The third-order valence-corrected chi connectivity index (χ3v) is 4.58. The molecule has 24 heavy (non-hydrogen) atoms. The lowest BCUT2D eigenvalue weighted by atomic mass is 10.0. The third kappa shape index (κ3) is 1.63. The highest BCUT2D eigenvalue weighted by Crippen LogP contribution is 2.42. The molecule has 0 amide bonds. The molecule has 1 aliphatic rings. The van der Waals surface area contributed by atoms with E-state index < -0.39 is 17.8 Å². The SMILES string of the molecule is Cc1cc(=O)n(C)c2c3c4c(cc12)c(C)cc(=O)n4C(C(=O)O)O3. The monoisotopic (exact) mass is 326 g/mol. The fourth-order valence-electron chi connectivity index (χ4n) is 3.39. The molecule has 0 fully saturated rings. The van der Waals surface area contributed by atoms with Crippen molar-refractivity contribution in [3.63, 3.8) is 0 Å². The lowest BCUT2D eigenvalue weighted by Crippen LogP contribution is -2.29. The second-order valence-corrected chi connectivity index (χ2v) is 6.07. The van der Waals surface area contributed by atoms with E-state index in [9.17, 15) is 19.5 Å². The quantitative estimate of drug-likeness (QED) is 0.684. The summed E-state index contributed by atoms with van der Waals surface area (Å²) in [6.07, 6.45) is -1.43. The van der Waals surface area contributed by atoms with Gasteiger partial charge >= 0.3 is 5.97 Å². The van der Waals surface area contributed by atoms with Crippen molar-refractivity contribution in [2.75, 3.05) is 0 Å². The van der Waals surface area contributed by atoms with Crippen LogP contribution in [0.15, 0.2) is 27.8 Å². The van der Waals surface area contributed by atoms with Crippen molar-refractivity contribution in [1.82, 2.24) is 9.13 Å². The minimum Gasteiger partial charge on any atom is -0.477 e. The summed E-state index contributed by atoms with van der Waals surface area (Å²) >= 11 is 0. The molecule has 1 unspecified atom stereocenters. The van der Waals surface area contributed by atoms with Crippen molar-refractivity contribution < 1.29 is 14.6 Å². The van der Waals surface area contributed by atoms with Gasteiger partial charge in [-0.25, -0.2) is 4.79 Å². The molecule has 122 valence electrons. The Bertz CT molecular complexity index is 1190. The zero-order chi connectivity index (χ0) is 17.3. The molecule has 1 aromatic carbocycles. The first-order valence-electron chi connectivity index (χ1n) is 7.40. The van der Waals surface area contributed by atoms with Crippen LogP contribution in [-0.2, 0) is 11.8 Å². The molecule has 4 rings (SSSR count). The molecule has 1 aliphatic heterocycles. The number of benzene rings is 1. The summed E-state index contributed by atoms with van der Waals surface area (Å²) in [5.74, 6) is -0.997. The second-order valence-electron chi connectivity index (χ2n) is 6.07. The Labute approximate surface area is 135 Å². The van der Waals surface area contributed by atoms with Gasteiger partial charge in [-0.15, -0.1) is 0 Å². The Balaban J connectivity index is 2.35. The van der Waals surface area contributed by atoms with Gasteiger partial charge in [0, 0.05) is 30.0 Å². The first-order chi connectivity index (χ1) is 11.3. The highest BCUT2D eigenvalue weighted by Gasteiger charge is 2.35. The van der Waals surface area contributed by atoms with Crippen LogP contribution in [0.5, 0.6) is 5.75 Å². The van der Waals surface area contributed by atoms with E-state index in [1.54, 1.807) is 14.0 Å². The molecule has 1 atom stereocenters. The molecule has 2 aromatic heterocycles. The van der Waals surface area contributed by atoms with Gasteiger partial charge < -0.3 is 14.4 Å². The van der Waals surface area contributed by atoms with E-state index in [1.165, 1.54) is 16.7 Å². The number of pyridine rings is 2. The zero-order valence-corrected chi connectivity index (χ0v) is 13.3. The minimum atomic E-state index is -1.43. The fourth-order valence-corrected chi connectivity index (χ4v) is 3.39. The van der Waals surface area contributed by atoms with Crippen LogP contribution in [0.2, 0.25) is 0 Å². The predicted octanol–water partition coefficient (Wildman–Crippen LogP) is 1.45. The largest absolute Gasteiger partial charge is 0.477 e. The molecule has 0 radical (unpaired) electrons. The molecule has 0 saturated heterocycles. The summed E-state index contributed by atoms with van der Waals surface area (Å²) in [6.45, 7) is 3.61. The van der Waals surface area contributed by atoms with E-state index in [2.05, 4.69) is 0 Å². The standard InChI is InChI=1S/C17H14N2O5/c1-7-4-11(20)18(3)13-9(7)6-10-8(2)5-12(21)19-14(10)15(13)24-16(19)17(22)23/h4-6,16H,1-3H3,(H,22,23). The molecule has 1 N–H and O–H groups in total. The van der Waals surface area contributed by atoms with E-state index in [0.29, 0.717) is 11.0 Å². The summed E-state index contributed by atoms with van der Waals surface area (Å²) in [5, 5.41) is 11.0. The van der Waals surface area contributed by atoms with E-state index >= 15 is 0 Å². The summed E-state index contributed by atoms with van der Waals surface area (Å²) < 4.78 is 8.17. The van der Waals surface area contributed by atoms with Crippen LogP contribution in [-0.4, -0.2) is 20.2 Å². The van der Waals surface area contributed by atoms with Crippen LogP contribution in [0.4, 0.5) is 0 Å².